The van der Waals surface area contributed by atoms with Crippen LogP contribution in [0.15, 0.2) is 16.2 Å². The van der Waals surface area contributed by atoms with Crippen molar-refractivity contribution in [2.24, 2.45) is 0 Å². The lowest BCUT2D eigenvalue weighted by Gasteiger charge is -2.05. The van der Waals surface area contributed by atoms with Crippen molar-refractivity contribution in [2.45, 2.75) is 6.92 Å². The second kappa shape index (κ2) is 3.51. The maximum atomic E-state index is 11.6. The van der Waals surface area contributed by atoms with E-state index in [4.69, 9.17) is 4.74 Å². The highest BCUT2D eigenvalue weighted by atomic mass is 32.1. The number of H-pyrrole nitrogens is 1. The number of methoxy groups -OCH3 is 1. The van der Waals surface area contributed by atoms with Crippen LogP contribution >= 0.6 is 11.3 Å². The zero-order valence-electron chi connectivity index (χ0n) is 8.29. The van der Waals surface area contributed by atoms with Crippen LogP contribution in [0, 0.1) is 0 Å². The van der Waals surface area contributed by atoms with Gasteiger partial charge >= 0.3 is 0 Å². The molecule has 78 valence electrons. The maximum absolute atomic E-state index is 11.6. The number of pyridine rings is 1. The Balaban J connectivity index is 2.96. The number of hydrogen-bond donors (Lipinski definition) is 1. The molecule has 0 saturated heterocycles. The number of carbonyl (C=O) groups is 1. The standard InChI is InChI=1S/C10H9NO3S/c1-5(12)7-8(14-2)10(13)11-6-3-4-15-9(6)7/h3-4H,1-2H3,(H,11,13). The van der Waals surface area contributed by atoms with Gasteiger partial charge in [0.05, 0.1) is 22.9 Å². The van der Waals surface area contributed by atoms with Gasteiger partial charge in [0, 0.05) is 0 Å². The third-order valence-corrected chi connectivity index (χ3v) is 3.06. The van der Waals surface area contributed by atoms with Crippen molar-refractivity contribution in [1.29, 1.82) is 0 Å². The summed E-state index contributed by atoms with van der Waals surface area (Å²) >= 11 is 1.41. The van der Waals surface area contributed by atoms with Crippen LogP contribution in [0.1, 0.15) is 17.3 Å². The van der Waals surface area contributed by atoms with E-state index in [1.54, 1.807) is 6.07 Å². The first-order valence-electron chi connectivity index (χ1n) is 4.33. The number of carbonyl (C=O) groups excluding carboxylic acids is 1. The lowest BCUT2D eigenvalue weighted by molar-refractivity contribution is 0.101. The van der Waals surface area contributed by atoms with Crippen LogP contribution in [0.2, 0.25) is 0 Å². The Kier molecular flexibility index (Phi) is 2.32. The summed E-state index contributed by atoms with van der Waals surface area (Å²) in [7, 11) is 1.39. The van der Waals surface area contributed by atoms with Gasteiger partial charge in [-0.25, -0.2) is 0 Å². The van der Waals surface area contributed by atoms with E-state index in [1.807, 2.05) is 5.38 Å². The SMILES string of the molecule is COc1c(C(C)=O)c2sccc2[nH]c1=O. The predicted molar refractivity (Wildman–Crippen MR) is 59.0 cm³/mol. The van der Waals surface area contributed by atoms with Crippen LogP contribution in [0.3, 0.4) is 0 Å². The van der Waals surface area contributed by atoms with Gasteiger partial charge in [-0.05, 0) is 18.4 Å². The van der Waals surface area contributed by atoms with Crippen molar-refractivity contribution in [3.05, 3.63) is 27.4 Å². The highest BCUT2D eigenvalue weighted by Crippen LogP contribution is 2.27. The number of rotatable bonds is 2. The molecule has 0 aromatic carbocycles. The predicted octanol–water partition coefficient (Wildman–Crippen LogP) is 1.80. The fourth-order valence-corrected chi connectivity index (χ4v) is 2.45. The summed E-state index contributed by atoms with van der Waals surface area (Å²) in [6.45, 7) is 1.43. The minimum atomic E-state index is -0.367. The van der Waals surface area contributed by atoms with Gasteiger partial charge in [-0.1, -0.05) is 0 Å². The molecule has 0 aliphatic rings. The molecule has 2 heterocycles. The van der Waals surface area contributed by atoms with E-state index in [2.05, 4.69) is 4.98 Å². The van der Waals surface area contributed by atoms with Crippen LogP contribution in [-0.4, -0.2) is 17.9 Å². The number of fused-ring (bicyclic) bond motifs is 1. The summed E-state index contributed by atoms with van der Waals surface area (Å²) in [5, 5.41) is 1.83. The molecule has 0 bridgehead atoms. The number of aromatic nitrogens is 1. The summed E-state index contributed by atoms with van der Waals surface area (Å²) in [4.78, 5) is 25.7. The van der Waals surface area contributed by atoms with E-state index < -0.39 is 0 Å². The molecule has 0 amide bonds. The molecule has 0 unspecified atom stereocenters. The molecular formula is C10H9NO3S. The Morgan fingerprint density at radius 1 is 1.53 bits per heavy atom. The monoisotopic (exact) mass is 223 g/mol. The van der Waals surface area contributed by atoms with Gasteiger partial charge in [-0.15, -0.1) is 11.3 Å². The molecule has 0 fully saturated rings. The Labute approximate surface area is 89.5 Å². The minimum absolute atomic E-state index is 0.0949. The molecule has 5 heteroatoms. The fourth-order valence-electron chi connectivity index (χ4n) is 1.51. The number of hydrogen-bond acceptors (Lipinski definition) is 4. The van der Waals surface area contributed by atoms with Gasteiger partial charge in [-0.2, -0.15) is 0 Å². The molecule has 2 rings (SSSR count). The largest absolute Gasteiger partial charge is 0.491 e. The first-order valence-corrected chi connectivity index (χ1v) is 5.21. The Bertz CT molecular complexity index is 582. The Hall–Kier alpha value is -1.62. The quantitative estimate of drug-likeness (QED) is 0.790. The maximum Gasteiger partial charge on any atom is 0.291 e. The molecule has 0 radical (unpaired) electrons. The van der Waals surface area contributed by atoms with Gasteiger partial charge in [0.15, 0.2) is 11.5 Å². The van der Waals surface area contributed by atoms with E-state index in [0.29, 0.717) is 11.1 Å². The first-order chi connectivity index (χ1) is 7.15. The van der Waals surface area contributed by atoms with Crippen LogP contribution in [0.4, 0.5) is 0 Å². The molecular weight excluding hydrogens is 214 g/mol. The van der Waals surface area contributed by atoms with Gasteiger partial charge in [0.25, 0.3) is 5.56 Å². The molecule has 0 aliphatic heterocycles. The first kappa shape index (κ1) is 9.92. The molecule has 4 nitrogen and oxygen atoms in total. The normalized spacial score (nSPS) is 10.5. The van der Waals surface area contributed by atoms with Crippen molar-refractivity contribution in [1.82, 2.24) is 4.98 Å². The van der Waals surface area contributed by atoms with E-state index in [-0.39, 0.29) is 17.1 Å². The van der Waals surface area contributed by atoms with E-state index in [0.717, 1.165) is 4.70 Å². The third-order valence-electron chi connectivity index (χ3n) is 2.13. The molecule has 2 aromatic rings. The molecule has 0 saturated carbocycles. The molecule has 2 aromatic heterocycles. The number of thiophene rings is 1. The number of ketones is 1. The van der Waals surface area contributed by atoms with Crippen molar-refractivity contribution < 1.29 is 9.53 Å². The van der Waals surface area contributed by atoms with E-state index in [1.165, 1.54) is 25.4 Å². The Morgan fingerprint density at radius 2 is 2.27 bits per heavy atom. The average Bonchev–Trinajstić information content (AvgIpc) is 2.62. The van der Waals surface area contributed by atoms with Crippen molar-refractivity contribution in [2.75, 3.05) is 7.11 Å². The number of nitrogens with one attached hydrogen (secondary N) is 1. The number of ether oxygens (including phenoxy) is 1. The highest BCUT2D eigenvalue weighted by Gasteiger charge is 2.17. The van der Waals surface area contributed by atoms with Gasteiger partial charge < -0.3 is 9.72 Å². The van der Waals surface area contributed by atoms with Crippen molar-refractivity contribution in [3.63, 3.8) is 0 Å². The second-order valence-electron chi connectivity index (χ2n) is 3.08. The summed E-state index contributed by atoms with van der Waals surface area (Å²) in [6.07, 6.45) is 0. The zero-order valence-corrected chi connectivity index (χ0v) is 9.10. The van der Waals surface area contributed by atoms with Crippen molar-refractivity contribution in [3.8, 4) is 5.75 Å². The van der Waals surface area contributed by atoms with Gasteiger partial charge in [-0.3, -0.25) is 9.59 Å². The second-order valence-corrected chi connectivity index (χ2v) is 4.00. The van der Waals surface area contributed by atoms with E-state index in [9.17, 15) is 9.59 Å². The van der Waals surface area contributed by atoms with Crippen molar-refractivity contribution >= 4 is 27.3 Å². The highest BCUT2D eigenvalue weighted by molar-refractivity contribution is 7.17. The number of Topliss-reactive ketones (excluding diaryl/α,β-unsaturated/α-hetero) is 1. The molecule has 1 N–H and O–H groups in total. The summed E-state index contributed by atoms with van der Waals surface area (Å²) < 4.78 is 5.72. The fraction of sp³-hybridized carbons (Fsp3) is 0.200. The van der Waals surface area contributed by atoms with E-state index >= 15 is 0 Å². The van der Waals surface area contributed by atoms with Gasteiger partial charge in [0.1, 0.15) is 0 Å². The van der Waals surface area contributed by atoms with Crippen LogP contribution in [0.5, 0.6) is 5.75 Å². The third kappa shape index (κ3) is 1.45. The zero-order chi connectivity index (χ0) is 11.0. The van der Waals surface area contributed by atoms with Crippen LogP contribution in [0.25, 0.3) is 10.2 Å². The summed E-state index contributed by atoms with van der Waals surface area (Å²) in [5.41, 5.74) is 0.677. The smallest absolute Gasteiger partial charge is 0.291 e. The lowest BCUT2D eigenvalue weighted by atomic mass is 10.1. The topological polar surface area (TPSA) is 59.2 Å². The van der Waals surface area contributed by atoms with Crippen LogP contribution < -0.4 is 10.3 Å². The molecule has 15 heavy (non-hydrogen) atoms. The minimum Gasteiger partial charge on any atom is -0.491 e. The molecule has 0 atom stereocenters. The average molecular weight is 223 g/mol. The number of aromatic amines is 1. The summed E-state index contributed by atoms with van der Waals surface area (Å²) in [6, 6.07) is 1.77. The lowest BCUT2D eigenvalue weighted by Crippen LogP contribution is -2.13. The molecule has 0 aliphatic carbocycles. The summed E-state index contributed by atoms with van der Waals surface area (Å²) in [5.74, 6) is -0.0668. The van der Waals surface area contributed by atoms with Crippen LogP contribution in [-0.2, 0) is 0 Å². The molecule has 0 spiro atoms. The Morgan fingerprint density at radius 3 is 2.87 bits per heavy atom. The van der Waals surface area contributed by atoms with Gasteiger partial charge in [0.2, 0.25) is 0 Å².